The van der Waals surface area contributed by atoms with Gasteiger partial charge in [0, 0.05) is 37.5 Å². The molecule has 13 heteroatoms. The second kappa shape index (κ2) is 10.9. The Morgan fingerprint density at radius 3 is 2.36 bits per heavy atom. The van der Waals surface area contributed by atoms with Gasteiger partial charge in [-0.15, -0.1) is 11.3 Å². The number of carbonyl (C=O) groups is 1. The van der Waals surface area contributed by atoms with Crippen molar-refractivity contribution in [3.8, 4) is 5.75 Å². The summed E-state index contributed by atoms with van der Waals surface area (Å²) in [5.41, 5.74) is -0.977. The maximum absolute atomic E-state index is 13.4. The number of alkyl halides is 3. The molecule has 1 aromatic heterocycles. The van der Waals surface area contributed by atoms with Crippen molar-refractivity contribution in [2.24, 2.45) is 0 Å². The summed E-state index contributed by atoms with van der Waals surface area (Å²) in [4.78, 5) is 22.2. The molecule has 1 atom stereocenters. The van der Waals surface area contributed by atoms with Crippen LogP contribution in [0.4, 0.5) is 29.5 Å². The van der Waals surface area contributed by atoms with Crippen LogP contribution in [0.2, 0.25) is 0 Å². The standard InChI is InChI=1S/C23H21F3N2O7S/c1-12(14-6-4-5-7-15(14)23(24,25)26)35-18-11-19(36-20(18)21(29)30)27-16-10-13(22(33-2)34-3)8-9-17(16)28(31)32/h4-12,22,27H,1-3H3,(H,29,30)/p-1/t12-/m1/s1. The number of aromatic carboxylic acids is 1. The first-order chi connectivity index (χ1) is 17.0. The zero-order valence-electron chi connectivity index (χ0n) is 19.1. The lowest BCUT2D eigenvalue weighted by molar-refractivity contribution is -0.383. The number of nitro benzene ring substituents is 1. The molecule has 0 unspecified atom stereocenters. The van der Waals surface area contributed by atoms with Crippen LogP contribution in [0.5, 0.6) is 5.75 Å². The van der Waals surface area contributed by atoms with Gasteiger partial charge >= 0.3 is 6.18 Å². The minimum atomic E-state index is -4.64. The number of rotatable bonds is 10. The lowest BCUT2D eigenvalue weighted by Gasteiger charge is -2.20. The molecule has 0 aliphatic carbocycles. The smallest absolute Gasteiger partial charge is 0.416 e. The molecule has 0 aliphatic rings. The molecule has 0 aliphatic heterocycles. The molecule has 1 heterocycles. The van der Waals surface area contributed by atoms with Crippen molar-refractivity contribution in [1.29, 1.82) is 0 Å². The molecular formula is C23H20F3N2O7S-. The Labute approximate surface area is 207 Å². The van der Waals surface area contributed by atoms with E-state index in [0.29, 0.717) is 16.9 Å². The van der Waals surface area contributed by atoms with Crippen LogP contribution in [-0.2, 0) is 15.7 Å². The topological polar surface area (TPSA) is 123 Å². The molecule has 0 fully saturated rings. The highest BCUT2D eigenvalue weighted by Gasteiger charge is 2.35. The molecule has 0 radical (unpaired) electrons. The Morgan fingerprint density at radius 1 is 1.11 bits per heavy atom. The molecule has 3 rings (SSSR count). The van der Waals surface area contributed by atoms with E-state index in [1.165, 1.54) is 63.6 Å². The SMILES string of the molecule is COC(OC)c1ccc([N+](=O)[O-])c(Nc2cc(O[C@H](C)c3ccccc3C(F)(F)F)c(C(=O)[O-])s2)c1. The number of nitrogens with zero attached hydrogens (tertiary/aromatic N) is 1. The van der Waals surface area contributed by atoms with Crippen molar-refractivity contribution in [2.45, 2.75) is 25.5 Å². The fraction of sp³-hybridized carbons (Fsp3) is 0.261. The number of hydrogen-bond acceptors (Lipinski definition) is 9. The Hall–Kier alpha value is -3.68. The molecule has 9 nitrogen and oxygen atoms in total. The van der Waals surface area contributed by atoms with Gasteiger partial charge in [0.2, 0.25) is 0 Å². The molecule has 36 heavy (non-hydrogen) atoms. The van der Waals surface area contributed by atoms with Gasteiger partial charge in [0.05, 0.1) is 26.3 Å². The van der Waals surface area contributed by atoms with Gasteiger partial charge in [-0.25, -0.2) is 0 Å². The van der Waals surface area contributed by atoms with Crippen LogP contribution in [0.15, 0.2) is 48.5 Å². The Kier molecular flexibility index (Phi) is 8.17. The van der Waals surface area contributed by atoms with E-state index in [2.05, 4.69) is 5.32 Å². The molecule has 0 amide bonds. The lowest BCUT2D eigenvalue weighted by atomic mass is 10.0. The highest BCUT2D eigenvalue weighted by molar-refractivity contribution is 7.18. The van der Waals surface area contributed by atoms with Crippen molar-refractivity contribution in [3.63, 3.8) is 0 Å². The maximum atomic E-state index is 13.4. The molecule has 0 bridgehead atoms. The third-order valence-corrected chi connectivity index (χ3v) is 6.08. The van der Waals surface area contributed by atoms with Gasteiger partial charge in [-0.1, -0.05) is 18.2 Å². The highest BCUT2D eigenvalue weighted by atomic mass is 32.1. The largest absolute Gasteiger partial charge is 0.544 e. The summed E-state index contributed by atoms with van der Waals surface area (Å²) >= 11 is 0.650. The Morgan fingerprint density at radius 2 is 1.78 bits per heavy atom. The van der Waals surface area contributed by atoms with Gasteiger partial charge < -0.3 is 29.4 Å². The predicted molar refractivity (Wildman–Crippen MR) is 122 cm³/mol. The molecule has 1 N–H and O–H groups in total. The second-order valence-electron chi connectivity index (χ2n) is 7.40. The van der Waals surface area contributed by atoms with Crippen LogP contribution >= 0.6 is 11.3 Å². The van der Waals surface area contributed by atoms with Crippen LogP contribution in [-0.4, -0.2) is 25.1 Å². The number of nitro groups is 1. The Bertz CT molecular complexity index is 1260. The number of benzene rings is 2. The van der Waals surface area contributed by atoms with E-state index in [1.807, 2.05) is 0 Å². The summed E-state index contributed by atoms with van der Waals surface area (Å²) in [6.45, 7) is 1.35. The van der Waals surface area contributed by atoms with Crippen molar-refractivity contribution < 1.29 is 42.2 Å². The number of carbonyl (C=O) groups excluding carboxylic acids is 1. The molecule has 0 saturated heterocycles. The first kappa shape index (κ1) is 26.9. The molecule has 192 valence electrons. The normalized spacial score (nSPS) is 12.4. The number of halogens is 3. The average Bonchev–Trinajstić information content (AvgIpc) is 3.21. The van der Waals surface area contributed by atoms with Gasteiger partial charge in [-0.05, 0) is 25.1 Å². The van der Waals surface area contributed by atoms with Crippen molar-refractivity contribution in [1.82, 2.24) is 0 Å². The third kappa shape index (κ3) is 5.93. The molecule has 3 aromatic rings. The van der Waals surface area contributed by atoms with Crippen molar-refractivity contribution in [2.75, 3.05) is 19.5 Å². The van der Waals surface area contributed by atoms with Crippen molar-refractivity contribution >= 4 is 33.7 Å². The van der Waals surface area contributed by atoms with Gasteiger partial charge in [0.25, 0.3) is 5.69 Å². The number of nitrogens with one attached hydrogen (secondary N) is 1. The third-order valence-electron chi connectivity index (χ3n) is 5.07. The zero-order valence-corrected chi connectivity index (χ0v) is 19.9. The van der Waals surface area contributed by atoms with E-state index in [1.54, 1.807) is 0 Å². The fourth-order valence-corrected chi connectivity index (χ4v) is 4.33. The zero-order chi connectivity index (χ0) is 26.6. The van der Waals surface area contributed by atoms with Crippen LogP contribution in [0, 0.1) is 10.1 Å². The van der Waals surface area contributed by atoms with Gasteiger partial charge in [-0.2, -0.15) is 13.2 Å². The van der Waals surface area contributed by atoms with Crippen LogP contribution in [0.3, 0.4) is 0 Å². The number of carboxylic acids is 1. The molecular weight excluding hydrogens is 505 g/mol. The summed E-state index contributed by atoms with van der Waals surface area (Å²) in [6, 6.07) is 10.1. The molecule has 0 spiro atoms. The highest BCUT2D eigenvalue weighted by Crippen LogP contribution is 2.41. The van der Waals surface area contributed by atoms with Crippen LogP contribution in [0.1, 0.15) is 45.7 Å². The second-order valence-corrected chi connectivity index (χ2v) is 8.45. The lowest BCUT2D eigenvalue weighted by Crippen LogP contribution is -2.22. The molecule has 0 saturated carbocycles. The van der Waals surface area contributed by atoms with Gasteiger partial charge in [0.1, 0.15) is 17.5 Å². The first-order valence-electron chi connectivity index (χ1n) is 10.2. The van der Waals surface area contributed by atoms with Crippen LogP contribution in [0.25, 0.3) is 0 Å². The number of methoxy groups -OCH3 is 2. The van der Waals surface area contributed by atoms with E-state index in [-0.39, 0.29) is 27.7 Å². The minimum absolute atomic E-state index is 0.00441. The van der Waals surface area contributed by atoms with E-state index in [0.717, 1.165) is 6.07 Å². The summed E-state index contributed by atoms with van der Waals surface area (Å²) in [5, 5.41) is 26.1. The minimum Gasteiger partial charge on any atom is -0.544 e. The summed E-state index contributed by atoms with van der Waals surface area (Å²) in [7, 11) is 2.77. The number of carboxylic acid groups (broad SMARTS) is 1. The van der Waals surface area contributed by atoms with Gasteiger partial charge in [-0.3, -0.25) is 10.1 Å². The number of thiophene rings is 1. The quantitative estimate of drug-likeness (QED) is 0.217. The van der Waals surface area contributed by atoms with E-state index in [4.69, 9.17) is 14.2 Å². The predicted octanol–water partition coefficient (Wildman–Crippen LogP) is 5.21. The van der Waals surface area contributed by atoms with E-state index in [9.17, 15) is 33.2 Å². The van der Waals surface area contributed by atoms with Gasteiger partial charge in [0.15, 0.2) is 6.29 Å². The summed E-state index contributed by atoms with van der Waals surface area (Å²) < 4.78 is 56.1. The Balaban J connectivity index is 1.97. The average molecular weight is 525 g/mol. The number of anilines is 2. The van der Waals surface area contributed by atoms with Crippen molar-refractivity contribution in [3.05, 3.63) is 80.2 Å². The monoisotopic (exact) mass is 525 g/mol. The van der Waals surface area contributed by atoms with Crippen LogP contribution < -0.4 is 15.2 Å². The maximum Gasteiger partial charge on any atom is 0.416 e. The number of hydrogen-bond donors (Lipinski definition) is 1. The first-order valence-corrected chi connectivity index (χ1v) is 11.1. The summed E-state index contributed by atoms with van der Waals surface area (Å²) in [5.74, 6) is -1.88. The van der Waals surface area contributed by atoms with E-state index < -0.39 is 39.9 Å². The van der Waals surface area contributed by atoms with E-state index >= 15 is 0 Å². The molecule has 2 aromatic carbocycles. The fourth-order valence-electron chi connectivity index (χ4n) is 3.49. The summed E-state index contributed by atoms with van der Waals surface area (Å²) in [6.07, 6.45) is -6.63. The number of ether oxygens (including phenoxy) is 3.